The Balaban J connectivity index is 2.19. The first kappa shape index (κ1) is 13.1. The topological polar surface area (TPSA) is 48.1 Å². The summed E-state index contributed by atoms with van der Waals surface area (Å²) in [5.74, 6) is 0.736. The number of ether oxygens (including phenoxy) is 1. The lowest BCUT2D eigenvalue weighted by atomic mass is 10.00. The molecule has 0 aliphatic carbocycles. The molecule has 4 heteroatoms. The van der Waals surface area contributed by atoms with E-state index in [-0.39, 0.29) is 6.04 Å². The first-order chi connectivity index (χ1) is 8.70. The van der Waals surface area contributed by atoms with Gasteiger partial charge >= 0.3 is 0 Å². The monoisotopic (exact) mass is 306 g/mol. The van der Waals surface area contributed by atoms with Gasteiger partial charge in [0, 0.05) is 22.3 Å². The zero-order chi connectivity index (χ0) is 13.0. The normalized spacial score (nSPS) is 12.2. The maximum atomic E-state index is 6.23. The summed E-state index contributed by atoms with van der Waals surface area (Å²) >= 11 is 3.46. The highest BCUT2D eigenvalue weighted by atomic mass is 79.9. The van der Waals surface area contributed by atoms with E-state index in [1.54, 1.807) is 19.5 Å². The van der Waals surface area contributed by atoms with Gasteiger partial charge in [-0.05, 0) is 30.2 Å². The van der Waals surface area contributed by atoms with Crippen LogP contribution >= 0.6 is 15.9 Å². The Morgan fingerprint density at radius 2 is 2.22 bits per heavy atom. The van der Waals surface area contributed by atoms with Gasteiger partial charge in [-0.3, -0.25) is 4.98 Å². The second-order valence-corrected chi connectivity index (χ2v) is 4.97. The van der Waals surface area contributed by atoms with Crippen molar-refractivity contribution in [2.45, 2.75) is 12.5 Å². The largest absolute Gasteiger partial charge is 0.495 e. The van der Waals surface area contributed by atoms with Crippen molar-refractivity contribution in [2.75, 3.05) is 7.11 Å². The number of nitrogens with zero attached hydrogens (tertiary/aromatic N) is 1. The maximum Gasteiger partial charge on any atom is 0.141 e. The van der Waals surface area contributed by atoms with Gasteiger partial charge in [-0.15, -0.1) is 0 Å². The summed E-state index contributed by atoms with van der Waals surface area (Å²) in [4.78, 5) is 4.03. The molecule has 0 saturated carbocycles. The fourth-order valence-corrected chi connectivity index (χ4v) is 2.34. The summed E-state index contributed by atoms with van der Waals surface area (Å²) in [6, 6.07) is 9.96. The first-order valence-electron chi connectivity index (χ1n) is 5.68. The molecule has 0 amide bonds. The average Bonchev–Trinajstić information content (AvgIpc) is 2.38. The number of hydrogen-bond acceptors (Lipinski definition) is 3. The number of methoxy groups -OCH3 is 1. The van der Waals surface area contributed by atoms with Crippen molar-refractivity contribution in [3.05, 3.63) is 58.3 Å². The lowest BCUT2D eigenvalue weighted by Crippen LogP contribution is -2.14. The quantitative estimate of drug-likeness (QED) is 0.944. The minimum atomic E-state index is -0.0998. The van der Waals surface area contributed by atoms with Crippen molar-refractivity contribution >= 4 is 15.9 Å². The predicted molar refractivity (Wildman–Crippen MR) is 75.6 cm³/mol. The zero-order valence-corrected chi connectivity index (χ0v) is 11.7. The number of hydrogen-bond donors (Lipinski definition) is 1. The average molecular weight is 307 g/mol. The third-order valence-corrected chi connectivity index (χ3v) is 3.27. The predicted octanol–water partition coefficient (Wildman–Crippen LogP) is 3.10. The molecule has 3 nitrogen and oxygen atoms in total. The van der Waals surface area contributed by atoms with E-state index in [0.717, 1.165) is 22.2 Å². The first-order valence-corrected chi connectivity index (χ1v) is 6.48. The van der Waals surface area contributed by atoms with Gasteiger partial charge in [0.15, 0.2) is 0 Å². The number of aromatic nitrogens is 1. The van der Waals surface area contributed by atoms with E-state index in [2.05, 4.69) is 33.0 Å². The summed E-state index contributed by atoms with van der Waals surface area (Å²) < 4.78 is 6.34. The van der Waals surface area contributed by atoms with Crippen molar-refractivity contribution < 1.29 is 4.74 Å². The Morgan fingerprint density at radius 1 is 1.39 bits per heavy atom. The third-order valence-electron chi connectivity index (χ3n) is 2.78. The van der Waals surface area contributed by atoms with Crippen LogP contribution in [0.3, 0.4) is 0 Å². The van der Waals surface area contributed by atoms with Crippen LogP contribution < -0.4 is 10.5 Å². The maximum absolute atomic E-state index is 6.23. The molecule has 0 bridgehead atoms. The Bertz CT molecular complexity index is 531. The summed E-state index contributed by atoms with van der Waals surface area (Å²) in [6.45, 7) is 0. The number of pyridine rings is 1. The van der Waals surface area contributed by atoms with E-state index >= 15 is 0 Å². The molecule has 2 aromatic rings. The molecule has 94 valence electrons. The fraction of sp³-hybridized carbons (Fsp3) is 0.214. The van der Waals surface area contributed by atoms with Crippen LogP contribution in [0.1, 0.15) is 17.2 Å². The van der Waals surface area contributed by atoms with E-state index in [4.69, 9.17) is 10.5 Å². The van der Waals surface area contributed by atoms with Crippen molar-refractivity contribution in [1.82, 2.24) is 4.98 Å². The van der Waals surface area contributed by atoms with Crippen LogP contribution in [0, 0.1) is 0 Å². The second-order valence-electron chi connectivity index (χ2n) is 4.06. The summed E-state index contributed by atoms with van der Waals surface area (Å²) in [6.07, 6.45) is 4.19. The second kappa shape index (κ2) is 5.98. The molecule has 1 heterocycles. The fourth-order valence-electron chi connectivity index (χ4n) is 1.90. The lowest BCUT2D eigenvalue weighted by Gasteiger charge is -2.15. The lowest BCUT2D eigenvalue weighted by molar-refractivity contribution is 0.403. The van der Waals surface area contributed by atoms with Gasteiger partial charge in [-0.25, -0.2) is 0 Å². The highest BCUT2D eigenvalue weighted by molar-refractivity contribution is 9.10. The number of benzene rings is 1. The minimum Gasteiger partial charge on any atom is -0.495 e. The van der Waals surface area contributed by atoms with Gasteiger partial charge in [0.2, 0.25) is 0 Å². The van der Waals surface area contributed by atoms with Crippen LogP contribution in [0.15, 0.2) is 47.2 Å². The number of nitrogens with two attached hydrogens (primary N) is 1. The van der Waals surface area contributed by atoms with Crippen LogP contribution in [0.2, 0.25) is 0 Å². The smallest absolute Gasteiger partial charge is 0.141 e. The van der Waals surface area contributed by atoms with Crippen LogP contribution in [0.5, 0.6) is 5.75 Å². The van der Waals surface area contributed by atoms with E-state index in [9.17, 15) is 0 Å². The Labute approximate surface area is 115 Å². The molecule has 0 aliphatic rings. The molecule has 1 aromatic carbocycles. The van der Waals surface area contributed by atoms with E-state index in [1.165, 1.54) is 5.56 Å². The molecule has 1 aromatic heterocycles. The standard InChI is InChI=1S/C14H15BrN2O/c1-18-14-9-17-6-5-12(14)13(16)8-10-3-2-4-11(15)7-10/h2-7,9,13H,8,16H2,1H3. The third kappa shape index (κ3) is 3.09. The van der Waals surface area contributed by atoms with Gasteiger partial charge in [0.1, 0.15) is 5.75 Å². The van der Waals surface area contributed by atoms with Crippen molar-refractivity contribution in [3.8, 4) is 5.75 Å². The molecule has 2 rings (SSSR count). The molecular formula is C14H15BrN2O. The molecule has 1 atom stereocenters. The molecule has 0 spiro atoms. The number of halogens is 1. The van der Waals surface area contributed by atoms with Crippen LogP contribution in [-0.4, -0.2) is 12.1 Å². The molecule has 2 N–H and O–H groups in total. The summed E-state index contributed by atoms with van der Waals surface area (Å²) in [5.41, 5.74) is 8.40. The Morgan fingerprint density at radius 3 is 2.94 bits per heavy atom. The van der Waals surface area contributed by atoms with Crippen LogP contribution in [0.4, 0.5) is 0 Å². The van der Waals surface area contributed by atoms with Gasteiger partial charge in [-0.1, -0.05) is 28.1 Å². The molecule has 1 unspecified atom stereocenters. The summed E-state index contributed by atoms with van der Waals surface area (Å²) in [7, 11) is 1.63. The van der Waals surface area contributed by atoms with Gasteiger partial charge in [-0.2, -0.15) is 0 Å². The zero-order valence-electron chi connectivity index (χ0n) is 10.1. The molecule has 0 saturated heterocycles. The van der Waals surface area contributed by atoms with E-state index < -0.39 is 0 Å². The van der Waals surface area contributed by atoms with Gasteiger partial charge in [0.05, 0.1) is 13.3 Å². The highest BCUT2D eigenvalue weighted by Crippen LogP contribution is 2.25. The van der Waals surface area contributed by atoms with Crippen molar-refractivity contribution in [3.63, 3.8) is 0 Å². The van der Waals surface area contributed by atoms with Crippen molar-refractivity contribution in [2.24, 2.45) is 5.73 Å². The molecule has 0 radical (unpaired) electrons. The highest BCUT2D eigenvalue weighted by Gasteiger charge is 2.12. The van der Waals surface area contributed by atoms with Crippen LogP contribution in [0.25, 0.3) is 0 Å². The molecular weight excluding hydrogens is 292 g/mol. The van der Waals surface area contributed by atoms with E-state index in [0.29, 0.717) is 0 Å². The Hall–Kier alpha value is -1.39. The Kier molecular flexibility index (Phi) is 4.33. The van der Waals surface area contributed by atoms with Gasteiger partial charge < -0.3 is 10.5 Å². The summed E-state index contributed by atoms with van der Waals surface area (Å²) in [5, 5.41) is 0. The SMILES string of the molecule is COc1cnccc1C(N)Cc1cccc(Br)c1. The van der Waals surface area contributed by atoms with Gasteiger partial charge in [0.25, 0.3) is 0 Å². The van der Waals surface area contributed by atoms with E-state index in [1.807, 2.05) is 18.2 Å². The number of rotatable bonds is 4. The van der Waals surface area contributed by atoms with Crippen LogP contribution in [-0.2, 0) is 6.42 Å². The minimum absolute atomic E-state index is 0.0998. The molecule has 18 heavy (non-hydrogen) atoms. The molecule has 0 aliphatic heterocycles. The van der Waals surface area contributed by atoms with Crippen molar-refractivity contribution in [1.29, 1.82) is 0 Å². The molecule has 0 fully saturated rings.